The number of fused-ring (bicyclic) bond motifs is 1. The van der Waals surface area contributed by atoms with Crippen molar-refractivity contribution in [3.8, 4) is 11.8 Å². The first-order valence-electron chi connectivity index (χ1n) is 5.39. The summed E-state index contributed by atoms with van der Waals surface area (Å²) in [5.41, 5.74) is 1.62. The number of rotatable bonds is 2. The Bertz CT molecular complexity index is 446. The van der Waals surface area contributed by atoms with Gasteiger partial charge in [0.15, 0.2) is 0 Å². The summed E-state index contributed by atoms with van der Waals surface area (Å²) in [7, 11) is 0. The van der Waals surface area contributed by atoms with Crippen molar-refractivity contribution in [2.24, 2.45) is 0 Å². The summed E-state index contributed by atoms with van der Waals surface area (Å²) < 4.78 is 5.82. The van der Waals surface area contributed by atoms with Gasteiger partial charge < -0.3 is 9.84 Å². The van der Waals surface area contributed by atoms with Gasteiger partial charge in [-0.3, -0.25) is 0 Å². The van der Waals surface area contributed by atoms with Crippen LogP contribution < -0.4 is 4.74 Å². The van der Waals surface area contributed by atoms with E-state index in [1.807, 2.05) is 38.1 Å². The molecule has 0 aromatic heterocycles. The Kier molecular flexibility index (Phi) is 2.61. The lowest BCUT2D eigenvalue weighted by atomic mass is 9.98. The van der Waals surface area contributed by atoms with Gasteiger partial charge in [0.25, 0.3) is 0 Å². The lowest BCUT2D eigenvalue weighted by Gasteiger charge is -2.19. The smallest absolute Gasteiger partial charge is 0.129 e. The second-order valence-electron chi connectivity index (χ2n) is 4.75. The predicted octanol–water partition coefficient (Wildman–Crippen LogP) is 2.35. The zero-order chi connectivity index (χ0) is 11.8. The predicted molar refractivity (Wildman–Crippen MR) is 60.0 cm³/mol. The maximum Gasteiger partial charge on any atom is 0.129 e. The molecule has 3 nitrogen and oxygen atoms in total. The molecule has 0 saturated carbocycles. The Morgan fingerprint density at radius 2 is 2.31 bits per heavy atom. The van der Waals surface area contributed by atoms with Crippen LogP contribution in [0.5, 0.6) is 5.75 Å². The molecule has 1 atom stereocenters. The van der Waals surface area contributed by atoms with Crippen molar-refractivity contribution in [1.29, 1.82) is 5.26 Å². The van der Waals surface area contributed by atoms with Crippen molar-refractivity contribution in [3.63, 3.8) is 0 Å². The van der Waals surface area contributed by atoms with Crippen LogP contribution in [0.1, 0.15) is 37.5 Å². The largest absolute Gasteiger partial charge is 0.487 e. The Hall–Kier alpha value is -1.53. The minimum Gasteiger partial charge on any atom is -0.487 e. The highest BCUT2D eigenvalue weighted by atomic mass is 16.5. The summed E-state index contributed by atoms with van der Waals surface area (Å²) in [5.74, 6) is 0.759. The van der Waals surface area contributed by atoms with E-state index in [1.165, 1.54) is 0 Å². The third-order valence-electron chi connectivity index (χ3n) is 2.77. The van der Waals surface area contributed by atoms with Crippen LogP contribution >= 0.6 is 0 Å². The fourth-order valence-corrected chi connectivity index (χ4v) is 2.10. The van der Waals surface area contributed by atoms with E-state index in [1.54, 1.807) is 0 Å². The molecular weight excluding hydrogens is 202 g/mol. The van der Waals surface area contributed by atoms with Gasteiger partial charge in [-0.2, -0.15) is 5.26 Å². The van der Waals surface area contributed by atoms with Gasteiger partial charge in [0, 0.05) is 12.0 Å². The van der Waals surface area contributed by atoms with E-state index in [2.05, 4.69) is 0 Å². The second-order valence-corrected chi connectivity index (χ2v) is 4.75. The van der Waals surface area contributed by atoms with Gasteiger partial charge in [0.2, 0.25) is 0 Å². The van der Waals surface area contributed by atoms with Crippen LogP contribution in [0.4, 0.5) is 0 Å². The van der Waals surface area contributed by atoms with Crippen molar-refractivity contribution >= 4 is 0 Å². The molecule has 1 aromatic carbocycles. The van der Waals surface area contributed by atoms with Crippen LogP contribution in [0, 0.1) is 11.3 Å². The van der Waals surface area contributed by atoms with Gasteiger partial charge in [-0.25, -0.2) is 0 Å². The zero-order valence-corrected chi connectivity index (χ0v) is 9.53. The number of hydrogen-bond donors (Lipinski definition) is 1. The highest BCUT2D eigenvalue weighted by Crippen LogP contribution is 2.40. The van der Waals surface area contributed by atoms with Gasteiger partial charge in [0.1, 0.15) is 11.4 Å². The van der Waals surface area contributed by atoms with Crippen LogP contribution in [0.2, 0.25) is 0 Å². The molecule has 0 aliphatic carbocycles. The Morgan fingerprint density at radius 3 is 3.00 bits per heavy atom. The number of para-hydroxylation sites is 1. The summed E-state index contributed by atoms with van der Waals surface area (Å²) in [6, 6.07) is 7.70. The molecule has 1 aromatic rings. The molecule has 0 spiro atoms. The lowest BCUT2D eigenvalue weighted by Crippen LogP contribution is -2.25. The molecule has 2 rings (SSSR count). The molecule has 0 amide bonds. The van der Waals surface area contributed by atoms with Crippen molar-refractivity contribution < 1.29 is 9.84 Å². The number of hydrogen-bond acceptors (Lipinski definition) is 3. The van der Waals surface area contributed by atoms with Crippen molar-refractivity contribution in [2.45, 2.75) is 38.4 Å². The average Bonchev–Trinajstić information content (AvgIpc) is 2.51. The fourth-order valence-electron chi connectivity index (χ4n) is 2.10. The van der Waals surface area contributed by atoms with Gasteiger partial charge in [0.05, 0.1) is 18.6 Å². The van der Waals surface area contributed by atoms with E-state index in [0.29, 0.717) is 0 Å². The zero-order valence-electron chi connectivity index (χ0n) is 9.53. The molecule has 3 heteroatoms. The molecule has 0 radical (unpaired) electrons. The SMILES string of the molecule is CC1(C)Cc2cccc(C(O)CC#N)c2O1. The quantitative estimate of drug-likeness (QED) is 0.827. The third-order valence-corrected chi connectivity index (χ3v) is 2.77. The highest BCUT2D eigenvalue weighted by Gasteiger charge is 2.32. The minimum atomic E-state index is -0.756. The maximum absolute atomic E-state index is 9.85. The molecule has 1 N–H and O–H groups in total. The number of ether oxygens (including phenoxy) is 1. The second kappa shape index (κ2) is 3.80. The molecule has 1 unspecified atom stereocenters. The van der Waals surface area contributed by atoms with E-state index in [-0.39, 0.29) is 12.0 Å². The Labute approximate surface area is 95.3 Å². The first-order valence-corrected chi connectivity index (χ1v) is 5.39. The minimum absolute atomic E-state index is 0.0975. The van der Waals surface area contributed by atoms with Gasteiger partial charge >= 0.3 is 0 Å². The number of benzene rings is 1. The van der Waals surface area contributed by atoms with Crippen molar-refractivity contribution in [2.75, 3.05) is 0 Å². The monoisotopic (exact) mass is 217 g/mol. The third kappa shape index (κ3) is 1.89. The van der Waals surface area contributed by atoms with Gasteiger partial charge in [-0.15, -0.1) is 0 Å². The number of aliphatic hydroxyl groups excluding tert-OH is 1. The molecule has 1 aliphatic rings. The first kappa shape index (κ1) is 11.0. The maximum atomic E-state index is 9.85. The van der Waals surface area contributed by atoms with Gasteiger partial charge in [-0.05, 0) is 19.4 Å². The molecule has 0 saturated heterocycles. The summed E-state index contributed by atoms with van der Waals surface area (Å²) in [5, 5.41) is 18.5. The number of nitrogens with zero attached hydrogens (tertiary/aromatic N) is 1. The van der Waals surface area contributed by atoms with E-state index in [0.717, 1.165) is 23.3 Å². The van der Waals surface area contributed by atoms with E-state index in [9.17, 15) is 5.11 Å². The van der Waals surface area contributed by atoms with Crippen LogP contribution in [0.15, 0.2) is 18.2 Å². The summed E-state index contributed by atoms with van der Waals surface area (Å²) >= 11 is 0. The molecular formula is C13H15NO2. The summed E-state index contributed by atoms with van der Waals surface area (Å²) in [6.45, 7) is 4.04. The topological polar surface area (TPSA) is 53.2 Å². The summed E-state index contributed by atoms with van der Waals surface area (Å²) in [4.78, 5) is 0. The standard InChI is InChI=1S/C13H15NO2/c1-13(2)8-9-4-3-5-10(12(9)16-13)11(15)6-7-14/h3-5,11,15H,6,8H2,1-2H3. The Balaban J connectivity index is 2.38. The van der Waals surface area contributed by atoms with E-state index < -0.39 is 6.10 Å². The average molecular weight is 217 g/mol. The fraction of sp³-hybridized carbons (Fsp3) is 0.462. The first-order chi connectivity index (χ1) is 7.53. The van der Waals surface area contributed by atoms with Crippen LogP contribution in [-0.2, 0) is 6.42 Å². The van der Waals surface area contributed by atoms with E-state index >= 15 is 0 Å². The molecule has 0 fully saturated rings. The molecule has 16 heavy (non-hydrogen) atoms. The molecule has 0 bridgehead atoms. The molecule has 1 heterocycles. The highest BCUT2D eigenvalue weighted by molar-refractivity contribution is 5.46. The normalized spacial score (nSPS) is 18.4. The van der Waals surface area contributed by atoms with Crippen molar-refractivity contribution in [1.82, 2.24) is 0 Å². The molecule has 84 valence electrons. The van der Waals surface area contributed by atoms with Crippen LogP contribution in [-0.4, -0.2) is 10.7 Å². The van der Waals surface area contributed by atoms with Gasteiger partial charge in [-0.1, -0.05) is 18.2 Å². The van der Waals surface area contributed by atoms with E-state index in [4.69, 9.17) is 10.00 Å². The Morgan fingerprint density at radius 1 is 1.56 bits per heavy atom. The lowest BCUT2D eigenvalue weighted by molar-refractivity contribution is 0.127. The summed E-state index contributed by atoms with van der Waals surface area (Å²) in [6.07, 6.45) is 0.184. The van der Waals surface area contributed by atoms with Crippen LogP contribution in [0.3, 0.4) is 0 Å². The number of aliphatic hydroxyl groups is 1. The molecule has 1 aliphatic heterocycles. The van der Waals surface area contributed by atoms with Crippen molar-refractivity contribution in [3.05, 3.63) is 29.3 Å². The number of nitriles is 1. The van der Waals surface area contributed by atoms with Crippen LogP contribution in [0.25, 0.3) is 0 Å².